The predicted octanol–water partition coefficient (Wildman–Crippen LogP) is 3.28. The Kier molecular flexibility index (Phi) is 4.81. The van der Waals surface area contributed by atoms with Crippen LogP contribution in [0.25, 0.3) is 0 Å². The molecule has 1 aromatic carbocycles. The molecule has 0 saturated heterocycles. The van der Waals surface area contributed by atoms with E-state index in [0.717, 1.165) is 10.0 Å². The molecule has 0 saturated carbocycles. The summed E-state index contributed by atoms with van der Waals surface area (Å²) in [7, 11) is 0. The number of nitrogens with one attached hydrogen (secondary N) is 1. The van der Waals surface area contributed by atoms with Gasteiger partial charge in [-0.2, -0.15) is 10.1 Å². The highest BCUT2D eigenvalue weighted by molar-refractivity contribution is 9.10. The fraction of sp³-hybridized carbons (Fsp3) is 0.312. The van der Waals surface area contributed by atoms with E-state index in [1.54, 1.807) is 0 Å². The molecule has 116 valence electrons. The van der Waals surface area contributed by atoms with E-state index in [0.29, 0.717) is 11.4 Å². The van der Waals surface area contributed by atoms with Gasteiger partial charge in [-0.3, -0.25) is 9.89 Å². The number of aliphatic imine (C=N–C) groups is 1. The van der Waals surface area contributed by atoms with Gasteiger partial charge in [-0.05, 0) is 30.5 Å². The van der Waals surface area contributed by atoms with Crippen molar-refractivity contribution in [3.8, 4) is 0 Å². The molecule has 3 N–H and O–H groups in total. The number of carbonyl (C=O) groups excluding carboxylic acids is 1. The van der Waals surface area contributed by atoms with Gasteiger partial charge in [0, 0.05) is 10.7 Å². The molecule has 0 aliphatic rings. The topological polar surface area (TPSA) is 84.1 Å². The second kappa shape index (κ2) is 6.44. The highest BCUT2D eigenvalue weighted by Crippen LogP contribution is 2.33. The van der Waals surface area contributed by atoms with Gasteiger partial charge in [0.2, 0.25) is 0 Å². The van der Waals surface area contributed by atoms with Crippen LogP contribution in [0.1, 0.15) is 36.7 Å². The van der Waals surface area contributed by atoms with Crippen LogP contribution in [0.5, 0.6) is 0 Å². The number of amides is 1. The van der Waals surface area contributed by atoms with Gasteiger partial charge in [0.1, 0.15) is 5.84 Å². The smallest absolute Gasteiger partial charge is 0.281 e. The first kappa shape index (κ1) is 16.4. The second-order valence-corrected chi connectivity index (χ2v) is 6.57. The maximum absolute atomic E-state index is 12.1. The highest BCUT2D eigenvalue weighted by Gasteiger charge is 2.35. The van der Waals surface area contributed by atoms with Crippen molar-refractivity contribution in [2.24, 2.45) is 16.6 Å². The number of aromatic nitrogens is 2. The number of aromatic amines is 1. The van der Waals surface area contributed by atoms with Gasteiger partial charge in [-0.1, -0.05) is 41.9 Å². The number of hydrogen-bond donors (Lipinski definition) is 2. The van der Waals surface area contributed by atoms with Crippen molar-refractivity contribution in [1.29, 1.82) is 0 Å². The Bertz CT molecular complexity index is 677. The first-order valence-corrected chi connectivity index (χ1v) is 7.78. The molecule has 0 aliphatic carbocycles. The van der Waals surface area contributed by atoms with Crippen molar-refractivity contribution in [2.75, 3.05) is 0 Å². The van der Waals surface area contributed by atoms with Crippen LogP contribution >= 0.6 is 15.9 Å². The SMILES string of the molecule is CC(C)C(C)(C(N)=NC(=O)c1cn[nH]c1)c1ccc(Br)cc1. The summed E-state index contributed by atoms with van der Waals surface area (Å²) in [6, 6.07) is 7.91. The molecule has 22 heavy (non-hydrogen) atoms. The Morgan fingerprint density at radius 1 is 1.36 bits per heavy atom. The second-order valence-electron chi connectivity index (χ2n) is 5.65. The molecule has 2 rings (SSSR count). The van der Waals surface area contributed by atoms with Crippen molar-refractivity contribution in [3.63, 3.8) is 0 Å². The molecule has 0 fully saturated rings. The predicted molar refractivity (Wildman–Crippen MR) is 90.9 cm³/mol. The molecule has 0 radical (unpaired) electrons. The summed E-state index contributed by atoms with van der Waals surface area (Å²) >= 11 is 3.43. The lowest BCUT2D eigenvalue weighted by Gasteiger charge is -2.33. The number of benzene rings is 1. The van der Waals surface area contributed by atoms with E-state index in [2.05, 4.69) is 45.0 Å². The molecule has 1 aromatic heterocycles. The zero-order valence-corrected chi connectivity index (χ0v) is 14.4. The maximum Gasteiger partial charge on any atom is 0.281 e. The number of halogens is 1. The van der Waals surface area contributed by atoms with Gasteiger partial charge >= 0.3 is 0 Å². The van der Waals surface area contributed by atoms with Gasteiger partial charge in [0.25, 0.3) is 5.91 Å². The summed E-state index contributed by atoms with van der Waals surface area (Å²) in [6.45, 7) is 6.13. The molecule has 1 atom stereocenters. The van der Waals surface area contributed by atoms with Crippen molar-refractivity contribution < 1.29 is 4.79 Å². The molecular formula is C16H19BrN4O. The number of hydrogen-bond acceptors (Lipinski definition) is 2. The van der Waals surface area contributed by atoms with Crippen LogP contribution < -0.4 is 5.73 Å². The molecule has 1 unspecified atom stereocenters. The van der Waals surface area contributed by atoms with Crippen molar-refractivity contribution in [3.05, 3.63) is 52.3 Å². The van der Waals surface area contributed by atoms with Crippen LogP contribution in [-0.2, 0) is 5.41 Å². The minimum Gasteiger partial charge on any atom is -0.386 e. The minimum atomic E-state index is -0.528. The summed E-state index contributed by atoms with van der Waals surface area (Å²) in [5, 5.41) is 6.35. The largest absolute Gasteiger partial charge is 0.386 e. The molecule has 0 bridgehead atoms. The number of amidine groups is 1. The molecular weight excluding hydrogens is 344 g/mol. The standard InChI is InChI=1S/C16H19BrN4O/c1-10(2)16(3,12-4-6-13(17)7-5-12)15(18)21-14(22)11-8-19-20-9-11/h4-10H,1-3H3,(H,19,20)(H2,18,21,22). The Morgan fingerprint density at radius 3 is 2.50 bits per heavy atom. The summed E-state index contributed by atoms with van der Waals surface area (Å²) < 4.78 is 0.993. The molecule has 2 aromatic rings. The molecule has 6 heteroatoms. The Labute approximate surface area is 138 Å². The van der Waals surface area contributed by atoms with Gasteiger partial charge in [-0.15, -0.1) is 0 Å². The molecule has 5 nitrogen and oxygen atoms in total. The van der Waals surface area contributed by atoms with Crippen LogP contribution in [0.4, 0.5) is 0 Å². The lowest BCUT2D eigenvalue weighted by Crippen LogP contribution is -2.43. The number of H-pyrrole nitrogens is 1. The highest BCUT2D eigenvalue weighted by atomic mass is 79.9. The van der Waals surface area contributed by atoms with E-state index < -0.39 is 11.3 Å². The average molecular weight is 363 g/mol. The fourth-order valence-corrected chi connectivity index (χ4v) is 2.50. The monoisotopic (exact) mass is 362 g/mol. The van der Waals surface area contributed by atoms with Gasteiger partial charge < -0.3 is 5.73 Å². The first-order chi connectivity index (χ1) is 10.4. The Balaban J connectivity index is 2.42. The van der Waals surface area contributed by atoms with E-state index in [1.807, 2.05) is 31.2 Å². The summed E-state index contributed by atoms with van der Waals surface area (Å²) in [4.78, 5) is 16.2. The van der Waals surface area contributed by atoms with Gasteiger partial charge in [-0.25, -0.2) is 0 Å². The number of rotatable bonds is 4. The van der Waals surface area contributed by atoms with Crippen LogP contribution in [0.2, 0.25) is 0 Å². The fourth-order valence-electron chi connectivity index (χ4n) is 2.23. The van der Waals surface area contributed by atoms with E-state index in [9.17, 15) is 4.79 Å². The van der Waals surface area contributed by atoms with E-state index in [4.69, 9.17) is 5.73 Å². The zero-order chi connectivity index (χ0) is 16.3. The van der Waals surface area contributed by atoms with Gasteiger partial charge in [0.05, 0.1) is 17.2 Å². The van der Waals surface area contributed by atoms with E-state index in [1.165, 1.54) is 12.4 Å². The third-order valence-corrected chi connectivity index (χ3v) is 4.63. The van der Waals surface area contributed by atoms with Crippen molar-refractivity contribution >= 4 is 27.7 Å². The number of nitrogens with zero attached hydrogens (tertiary/aromatic N) is 2. The van der Waals surface area contributed by atoms with Crippen LogP contribution in [-0.4, -0.2) is 21.9 Å². The quantitative estimate of drug-likeness (QED) is 0.646. The Morgan fingerprint density at radius 2 is 2.00 bits per heavy atom. The molecule has 1 amide bonds. The molecule has 1 heterocycles. The lowest BCUT2D eigenvalue weighted by atomic mass is 9.72. The summed E-state index contributed by atoms with van der Waals surface area (Å²) in [5.74, 6) is 0.0841. The average Bonchev–Trinajstić information content (AvgIpc) is 3.01. The third-order valence-electron chi connectivity index (χ3n) is 4.10. The number of carbonyl (C=O) groups is 1. The van der Waals surface area contributed by atoms with Crippen LogP contribution in [0.3, 0.4) is 0 Å². The summed E-state index contributed by atoms with van der Waals surface area (Å²) in [6.07, 6.45) is 2.94. The third kappa shape index (κ3) is 3.11. The molecule has 0 aliphatic heterocycles. The molecule has 0 spiro atoms. The zero-order valence-electron chi connectivity index (χ0n) is 12.8. The van der Waals surface area contributed by atoms with Crippen LogP contribution in [0, 0.1) is 5.92 Å². The number of nitrogens with two attached hydrogens (primary N) is 1. The minimum absolute atomic E-state index is 0.176. The van der Waals surface area contributed by atoms with Gasteiger partial charge in [0.15, 0.2) is 0 Å². The Hall–Kier alpha value is -1.95. The lowest BCUT2D eigenvalue weighted by molar-refractivity contribution is 0.100. The maximum atomic E-state index is 12.1. The van der Waals surface area contributed by atoms with Crippen molar-refractivity contribution in [2.45, 2.75) is 26.2 Å². The van der Waals surface area contributed by atoms with E-state index >= 15 is 0 Å². The first-order valence-electron chi connectivity index (χ1n) is 6.99. The van der Waals surface area contributed by atoms with Crippen LogP contribution in [0.15, 0.2) is 46.1 Å². The van der Waals surface area contributed by atoms with Crippen molar-refractivity contribution in [1.82, 2.24) is 10.2 Å². The summed E-state index contributed by atoms with van der Waals surface area (Å²) in [5.41, 5.74) is 7.10. The van der Waals surface area contributed by atoms with E-state index in [-0.39, 0.29) is 5.92 Å². The normalized spacial score (nSPS) is 14.9.